The predicted octanol–water partition coefficient (Wildman–Crippen LogP) is 4.13. The first kappa shape index (κ1) is 14.9. The highest BCUT2D eigenvalue weighted by atomic mass is 19.4. The molecule has 1 atom stereocenters. The first-order chi connectivity index (χ1) is 9.38. The van der Waals surface area contributed by atoms with Crippen LogP contribution in [0.2, 0.25) is 0 Å². The topological polar surface area (TPSA) is 37.0 Å². The van der Waals surface area contributed by atoms with Crippen molar-refractivity contribution in [3.8, 4) is 0 Å². The summed E-state index contributed by atoms with van der Waals surface area (Å²) in [5.74, 6) is 1.25. The smallest absolute Gasteiger partial charge is 0.370 e. The van der Waals surface area contributed by atoms with E-state index in [1.165, 1.54) is 12.8 Å². The van der Waals surface area contributed by atoms with Gasteiger partial charge in [0.25, 0.3) is 0 Å². The Labute approximate surface area is 117 Å². The summed E-state index contributed by atoms with van der Waals surface area (Å²) in [6, 6.07) is 2.25. The Kier molecular flexibility index (Phi) is 4.40. The summed E-state index contributed by atoms with van der Waals surface area (Å²) in [5.41, 5.74) is -0.676. The lowest BCUT2D eigenvalue weighted by molar-refractivity contribution is -0.137. The zero-order chi connectivity index (χ0) is 14.8. The highest BCUT2D eigenvalue weighted by Gasteiger charge is 2.32. The third kappa shape index (κ3) is 4.28. The maximum Gasteiger partial charge on any atom is 0.416 e. The maximum absolute atomic E-state index is 12.9. The van der Waals surface area contributed by atoms with E-state index in [-0.39, 0.29) is 17.7 Å². The molecule has 112 valence electrons. The monoisotopic (exact) mass is 287 g/mol. The van der Waals surface area contributed by atoms with Gasteiger partial charge in [0.1, 0.15) is 11.6 Å². The second-order valence-corrected chi connectivity index (χ2v) is 5.38. The molecule has 1 unspecified atom stereocenters. The highest BCUT2D eigenvalue weighted by Crippen LogP contribution is 2.35. The molecule has 3 nitrogen and oxygen atoms in total. The Bertz CT molecular complexity index is 455. The number of alkyl halides is 3. The van der Waals surface area contributed by atoms with Crippen LogP contribution in [-0.4, -0.2) is 17.6 Å². The molecule has 2 rings (SSSR count). The number of pyridine rings is 1. The number of nitrogens with one attached hydrogen (secondary N) is 2. The molecule has 0 saturated heterocycles. The van der Waals surface area contributed by atoms with Gasteiger partial charge in [0, 0.05) is 12.6 Å². The molecule has 0 aromatic carbocycles. The Morgan fingerprint density at radius 1 is 1.30 bits per heavy atom. The molecule has 0 aliphatic heterocycles. The lowest BCUT2D eigenvalue weighted by Crippen LogP contribution is -2.18. The van der Waals surface area contributed by atoms with Crippen molar-refractivity contribution >= 4 is 11.6 Å². The minimum Gasteiger partial charge on any atom is -0.370 e. The van der Waals surface area contributed by atoms with Crippen molar-refractivity contribution in [1.29, 1.82) is 0 Å². The van der Waals surface area contributed by atoms with Gasteiger partial charge in [-0.3, -0.25) is 0 Å². The van der Waals surface area contributed by atoms with Crippen LogP contribution in [0.1, 0.15) is 38.7 Å². The zero-order valence-corrected chi connectivity index (χ0v) is 11.7. The fourth-order valence-corrected chi connectivity index (χ4v) is 2.20. The fraction of sp³-hybridized carbons (Fsp3) is 0.643. The number of anilines is 2. The largest absolute Gasteiger partial charge is 0.416 e. The molecular weight excluding hydrogens is 267 g/mol. The molecule has 1 aromatic heterocycles. The summed E-state index contributed by atoms with van der Waals surface area (Å²) >= 11 is 0. The standard InChI is InChI=1S/C14H20F3N3/c1-3-18-12-7-11(14(15,16)17)8-13(20-12)19-9(2)6-10-4-5-10/h7-10H,3-6H2,1-2H3,(H2,18,19,20). The van der Waals surface area contributed by atoms with E-state index in [1.807, 2.05) is 13.8 Å². The van der Waals surface area contributed by atoms with E-state index in [2.05, 4.69) is 15.6 Å². The van der Waals surface area contributed by atoms with Crippen molar-refractivity contribution in [3.05, 3.63) is 17.7 Å². The molecule has 0 radical (unpaired) electrons. The number of rotatable bonds is 6. The molecule has 0 amide bonds. The average Bonchev–Trinajstić information content (AvgIpc) is 3.11. The average molecular weight is 287 g/mol. The lowest BCUT2D eigenvalue weighted by atomic mass is 10.1. The minimum absolute atomic E-state index is 0.132. The van der Waals surface area contributed by atoms with Crippen LogP contribution in [0.4, 0.5) is 24.8 Å². The molecular formula is C14H20F3N3. The van der Waals surface area contributed by atoms with Gasteiger partial charge in [0.05, 0.1) is 5.56 Å². The van der Waals surface area contributed by atoms with Crippen molar-refractivity contribution in [1.82, 2.24) is 4.98 Å². The van der Waals surface area contributed by atoms with Crippen molar-refractivity contribution < 1.29 is 13.2 Å². The number of aromatic nitrogens is 1. The fourth-order valence-electron chi connectivity index (χ4n) is 2.20. The Morgan fingerprint density at radius 2 is 1.95 bits per heavy atom. The first-order valence-electron chi connectivity index (χ1n) is 6.98. The molecule has 1 fully saturated rings. The molecule has 20 heavy (non-hydrogen) atoms. The second kappa shape index (κ2) is 5.89. The van der Waals surface area contributed by atoms with Crippen LogP contribution in [0.25, 0.3) is 0 Å². The number of hydrogen-bond donors (Lipinski definition) is 2. The molecule has 1 aliphatic rings. The summed E-state index contributed by atoms with van der Waals surface area (Å²) in [6.07, 6.45) is -0.924. The van der Waals surface area contributed by atoms with Gasteiger partial charge >= 0.3 is 6.18 Å². The van der Waals surface area contributed by atoms with Crippen LogP contribution >= 0.6 is 0 Å². The van der Waals surface area contributed by atoms with E-state index < -0.39 is 11.7 Å². The van der Waals surface area contributed by atoms with E-state index >= 15 is 0 Å². The van der Waals surface area contributed by atoms with Gasteiger partial charge in [-0.1, -0.05) is 12.8 Å². The van der Waals surface area contributed by atoms with Gasteiger partial charge in [-0.05, 0) is 38.3 Å². The first-order valence-corrected chi connectivity index (χ1v) is 6.98. The van der Waals surface area contributed by atoms with Crippen molar-refractivity contribution in [2.45, 2.75) is 45.3 Å². The van der Waals surface area contributed by atoms with Gasteiger partial charge in [-0.25, -0.2) is 4.98 Å². The van der Waals surface area contributed by atoms with E-state index in [0.29, 0.717) is 6.54 Å². The normalized spacial score (nSPS) is 16.9. The van der Waals surface area contributed by atoms with Gasteiger partial charge in [-0.2, -0.15) is 13.2 Å². The van der Waals surface area contributed by atoms with E-state index in [4.69, 9.17) is 0 Å². The van der Waals surface area contributed by atoms with E-state index in [0.717, 1.165) is 24.5 Å². The number of halogens is 3. The summed E-state index contributed by atoms with van der Waals surface area (Å²) in [4.78, 5) is 4.18. The molecule has 2 N–H and O–H groups in total. The molecule has 1 heterocycles. The quantitative estimate of drug-likeness (QED) is 0.826. The van der Waals surface area contributed by atoms with Crippen molar-refractivity contribution in [2.75, 3.05) is 17.2 Å². The van der Waals surface area contributed by atoms with Crippen LogP contribution in [0, 0.1) is 5.92 Å². The summed E-state index contributed by atoms with van der Waals surface area (Å²) < 4.78 is 38.6. The third-order valence-corrected chi connectivity index (χ3v) is 3.29. The lowest BCUT2D eigenvalue weighted by Gasteiger charge is -2.17. The predicted molar refractivity (Wildman–Crippen MR) is 73.8 cm³/mol. The summed E-state index contributed by atoms with van der Waals surface area (Å²) in [7, 11) is 0. The van der Waals surface area contributed by atoms with Crippen LogP contribution in [0.3, 0.4) is 0 Å². The third-order valence-electron chi connectivity index (χ3n) is 3.29. The maximum atomic E-state index is 12.9. The Hall–Kier alpha value is -1.46. The van der Waals surface area contributed by atoms with Gasteiger partial charge in [0.2, 0.25) is 0 Å². The molecule has 1 aliphatic carbocycles. The van der Waals surface area contributed by atoms with Gasteiger partial charge < -0.3 is 10.6 Å². The summed E-state index contributed by atoms with van der Waals surface area (Å²) in [6.45, 7) is 4.34. The van der Waals surface area contributed by atoms with Crippen LogP contribution in [-0.2, 0) is 6.18 Å². The SMILES string of the molecule is CCNc1cc(C(F)(F)F)cc(NC(C)CC2CC2)n1. The molecule has 1 aromatic rings. The van der Waals surface area contributed by atoms with Gasteiger partial charge in [0.15, 0.2) is 0 Å². The van der Waals surface area contributed by atoms with Crippen LogP contribution in [0.5, 0.6) is 0 Å². The Morgan fingerprint density at radius 3 is 2.50 bits per heavy atom. The molecule has 1 saturated carbocycles. The van der Waals surface area contributed by atoms with Crippen LogP contribution < -0.4 is 10.6 Å². The van der Waals surface area contributed by atoms with Crippen molar-refractivity contribution in [2.24, 2.45) is 5.92 Å². The number of hydrogen-bond acceptors (Lipinski definition) is 3. The van der Waals surface area contributed by atoms with Gasteiger partial charge in [-0.15, -0.1) is 0 Å². The minimum atomic E-state index is -4.36. The number of nitrogens with zero attached hydrogens (tertiary/aromatic N) is 1. The van der Waals surface area contributed by atoms with Crippen molar-refractivity contribution in [3.63, 3.8) is 0 Å². The van der Waals surface area contributed by atoms with E-state index in [9.17, 15) is 13.2 Å². The molecule has 0 bridgehead atoms. The molecule has 0 spiro atoms. The zero-order valence-electron chi connectivity index (χ0n) is 11.7. The molecule has 6 heteroatoms. The Balaban J connectivity index is 2.14. The highest BCUT2D eigenvalue weighted by molar-refractivity contribution is 5.50. The summed E-state index contributed by atoms with van der Waals surface area (Å²) in [5, 5.41) is 5.91. The second-order valence-electron chi connectivity index (χ2n) is 5.38. The van der Waals surface area contributed by atoms with E-state index in [1.54, 1.807) is 0 Å². The van der Waals surface area contributed by atoms with Crippen LogP contribution in [0.15, 0.2) is 12.1 Å².